The highest BCUT2D eigenvalue weighted by molar-refractivity contribution is 7.98. The first kappa shape index (κ1) is 17.4. The van der Waals surface area contributed by atoms with Crippen LogP contribution in [0, 0.1) is 0 Å². The number of hydrogen-bond donors (Lipinski definition) is 1. The van der Waals surface area contributed by atoms with Crippen molar-refractivity contribution >= 4 is 29.3 Å². The van der Waals surface area contributed by atoms with Crippen molar-refractivity contribution in [1.82, 2.24) is 15.3 Å². The summed E-state index contributed by atoms with van der Waals surface area (Å²) >= 11 is 7.29. The fraction of sp³-hybridized carbons (Fsp3) is 0.267. The van der Waals surface area contributed by atoms with Crippen LogP contribution in [0.4, 0.5) is 0 Å². The zero-order valence-corrected chi connectivity index (χ0v) is 14.3. The quantitative estimate of drug-likeness (QED) is 0.468. The third kappa shape index (κ3) is 5.01. The third-order valence-electron chi connectivity index (χ3n) is 2.82. The lowest BCUT2D eigenvalue weighted by Gasteiger charge is -2.09. The summed E-state index contributed by atoms with van der Waals surface area (Å²) in [7, 11) is 1.59. The zero-order chi connectivity index (χ0) is 16.7. The topological polar surface area (TPSA) is 73.3 Å². The minimum atomic E-state index is -0.359. The van der Waals surface area contributed by atoms with E-state index in [0.29, 0.717) is 29.8 Å². The van der Waals surface area contributed by atoms with Crippen molar-refractivity contribution in [3.8, 4) is 11.5 Å². The molecule has 0 atom stereocenters. The molecule has 0 radical (unpaired) electrons. The van der Waals surface area contributed by atoms with E-state index in [1.54, 1.807) is 13.2 Å². The van der Waals surface area contributed by atoms with E-state index in [2.05, 4.69) is 15.3 Å². The number of carbonyl (C=O) groups excluding carboxylic acids is 1. The molecule has 1 aromatic heterocycles. The second kappa shape index (κ2) is 8.59. The number of thioether (sulfide) groups is 1. The van der Waals surface area contributed by atoms with Gasteiger partial charge in [0, 0.05) is 6.07 Å². The molecule has 122 valence electrons. The highest BCUT2D eigenvalue weighted by Crippen LogP contribution is 2.19. The Balaban J connectivity index is 1.85. The standard InChI is InChI=1S/C15H16ClN3O3S/c1-21-10-4-3-5-11(8-10)22-7-6-17-14(20)13-12(16)9-18-15(19-13)23-2/h3-5,8-9H,6-7H2,1-2H3,(H,17,20). The van der Waals surface area contributed by atoms with E-state index in [1.807, 2.05) is 24.5 Å². The van der Waals surface area contributed by atoms with Gasteiger partial charge in [0.2, 0.25) is 0 Å². The molecule has 0 spiro atoms. The summed E-state index contributed by atoms with van der Waals surface area (Å²) in [6, 6.07) is 7.25. The van der Waals surface area contributed by atoms with Crippen LogP contribution in [0.5, 0.6) is 11.5 Å². The lowest BCUT2D eigenvalue weighted by molar-refractivity contribution is 0.0941. The highest BCUT2D eigenvalue weighted by Gasteiger charge is 2.13. The van der Waals surface area contributed by atoms with Gasteiger partial charge in [-0.15, -0.1) is 0 Å². The first-order chi connectivity index (χ1) is 11.1. The van der Waals surface area contributed by atoms with Crippen LogP contribution in [0.1, 0.15) is 10.5 Å². The summed E-state index contributed by atoms with van der Waals surface area (Å²) in [5.74, 6) is 1.02. The Morgan fingerprint density at radius 2 is 2.17 bits per heavy atom. The van der Waals surface area contributed by atoms with Gasteiger partial charge in [0.25, 0.3) is 5.91 Å². The molecular weight excluding hydrogens is 338 g/mol. The molecule has 1 aromatic carbocycles. The maximum atomic E-state index is 12.1. The van der Waals surface area contributed by atoms with Crippen LogP contribution in [0.25, 0.3) is 0 Å². The van der Waals surface area contributed by atoms with Gasteiger partial charge in [-0.05, 0) is 18.4 Å². The van der Waals surface area contributed by atoms with Gasteiger partial charge in [-0.2, -0.15) is 0 Å². The van der Waals surface area contributed by atoms with Crippen molar-refractivity contribution in [2.75, 3.05) is 26.5 Å². The molecular formula is C15H16ClN3O3S. The number of ether oxygens (including phenoxy) is 2. The van der Waals surface area contributed by atoms with E-state index in [9.17, 15) is 4.79 Å². The smallest absolute Gasteiger partial charge is 0.271 e. The van der Waals surface area contributed by atoms with Crippen LogP contribution in [0.2, 0.25) is 5.02 Å². The molecule has 0 unspecified atom stereocenters. The van der Waals surface area contributed by atoms with Crippen LogP contribution >= 0.6 is 23.4 Å². The molecule has 1 heterocycles. The van der Waals surface area contributed by atoms with Crippen molar-refractivity contribution in [3.63, 3.8) is 0 Å². The number of rotatable bonds is 7. The van der Waals surface area contributed by atoms with Crippen molar-refractivity contribution in [2.24, 2.45) is 0 Å². The van der Waals surface area contributed by atoms with Crippen LogP contribution < -0.4 is 14.8 Å². The first-order valence-electron chi connectivity index (χ1n) is 6.75. The number of nitrogens with zero attached hydrogens (tertiary/aromatic N) is 2. The van der Waals surface area contributed by atoms with Crippen LogP contribution in [0.15, 0.2) is 35.6 Å². The summed E-state index contributed by atoms with van der Waals surface area (Å²) in [6.07, 6.45) is 3.24. The molecule has 2 aromatic rings. The minimum Gasteiger partial charge on any atom is -0.497 e. The summed E-state index contributed by atoms with van der Waals surface area (Å²) in [6.45, 7) is 0.641. The van der Waals surface area contributed by atoms with Gasteiger partial charge in [0.1, 0.15) is 18.1 Å². The van der Waals surface area contributed by atoms with E-state index in [4.69, 9.17) is 21.1 Å². The monoisotopic (exact) mass is 353 g/mol. The number of methoxy groups -OCH3 is 1. The van der Waals surface area contributed by atoms with Crippen molar-refractivity contribution in [3.05, 3.63) is 41.2 Å². The third-order valence-corrected chi connectivity index (χ3v) is 3.66. The molecule has 2 rings (SSSR count). The fourth-order valence-electron chi connectivity index (χ4n) is 1.72. The molecule has 0 aliphatic heterocycles. The van der Waals surface area contributed by atoms with Gasteiger partial charge in [0.15, 0.2) is 10.9 Å². The Morgan fingerprint density at radius 3 is 2.91 bits per heavy atom. The fourth-order valence-corrected chi connectivity index (χ4v) is 2.23. The number of amides is 1. The van der Waals surface area contributed by atoms with E-state index in [-0.39, 0.29) is 16.6 Å². The number of aromatic nitrogens is 2. The lowest BCUT2D eigenvalue weighted by Crippen LogP contribution is -2.29. The van der Waals surface area contributed by atoms with Crippen molar-refractivity contribution in [1.29, 1.82) is 0 Å². The number of hydrogen-bond acceptors (Lipinski definition) is 6. The van der Waals surface area contributed by atoms with Gasteiger partial charge in [-0.1, -0.05) is 29.4 Å². The second-order valence-electron chi connectivity index (χ2n) is 4.34. The number of benzene rings is 1. The summed E-state index contributed by atoms with van der Waals surface area (Å²) in [4.78, 5) is 20.2. The molecule has 23 heavy (non-hydrogen) atoms. The normalized spacial score (nSPS) is 10.2. The molecule has 0 fully saturated rings. The Kier molecular flexibility index (Phi) is 6.49. The Morgan fingerprint density at radius 1 is 1.39 bits per heavy atom. The van der Waals surface area contributed by atoms with Gasteiger partial charge in [-0.3, -0.25) is 4.79 Å². The molecule has 0 bridgehead atoms. The first-order valence-corrected chi connectivity index (χ1v) is 8.36. The minimum absolute atomic E-state index is 0.160. The SMILES string of the molecule is COc1cccc(OCCNC(=O)c2nc(SC)ncc2Cl)c1. The number of carbonyl (C=O) groups is 1. The van der Waals surface area contributed by atoms with E-state index in [1.165, 1.54) is 18.0 Å². The average Bonchev–Trinajstić information content (AvgIpc) is 2.59. The van der Waals surface area contributed by atoms with Crippen LogP contribution in [-0.4, -0.2) is 42.4 Å². The molecule has 0 aliphatic carbocycles. The van der Waals surface area contributed by atoms with Gasteiger partial charge in [0.05, 0.1) is 24.9 Å². The highest BCUT2D eigenvalue weighted by atomic mass is 35.5. The van der Waals surface area contributed by atoms with E-state index >= 15 is 0 Å². The maximum Gasteiger partial charge on any atom is 0.271 e. The predicted octanol–water partition coefficient (Wildman–Crippen LogP) is 2.67. The van der Waals surface area contributed by atoms with Crippen LogP contribution in [-0.2, 0) is 0 Å². The maximum absolute atomic E-state index is 12.1. The predicted molar refractivity (Wildman–Crippen MR) is 89.6 cm³/mol. The van der Waals surface area contributed by atoms with Gasteiger partial charge >= 0.3 is 0 Å². The Bertz CT molecular complexity index is 685. The van der Waals surface area contributed by atoms with Gasteiger partial charge in [-0.25, -0.2) is 9.97 Å². The van der Waals surface area contributed by atoms with E-state index in [0.717, 1.165) is 0 Å². The molecule has 6 nitrogen and oxygen atoms in total. The summed E-state index contributed by atoms with van der Waals surface area (Å²) in [5, 5.41) is 3.42. The van der Waals surface area contributed by atoms with Crippen molar-refractivity contribution < 1.29 is 14.3 Å². The number of nitrogens with one attached hydrogen (secondary N) is 1. The number of halogens is 1. The van der Waals surface area contributed by atoms with Gasteiger partial charge < -0.3 is 14.8 Å². The molecule has 0 aliphatic rings. The molecule has 1 N–H and O–H groups in total. The Hall–Kier alpha value is -1.99. The lowest BCUT2D eigenvalue weighted by atomic mass is 10.3. The molecule has 0 saturated carbocycles. The Labute approximate surface area is 143 Å². The second-order valence-corrected chi connectivity index (χ2v) is 5.52. The molecule has 0 saturated heterocycles. The largest absolute Gasteiger partial charge is 0.497 e. The molecule has 1 amide bonds. The summed E-state index contributed by atoms with van der Waals surface area (Å²) < 4.78 is 10.7. The van der Waals surface area contributed by atoms with Crippen LogP contribution in [0.3, 0.4) is 0 Å². The van der Waals surface area contributed by atoms with Crippen molar-refractivity contribution in [2.45, 2.75) is 5.16 Å². The average molecular weight is 354 g/mol. The van der Waals surface area contributed by atoms with E-state index < -0.39 is 0 Å². The summed E-state index contributed by atoms with van der Waals surface area (Å²) in [5.41, 5.74) is 0.160. The zero-order valence-electron chi connectivity index (χ0n) is 12.7. The molecule has 8 heteroatoms.